The van der Waals surface area contributed by atoms with Crippen LogP contribution < -0.4 is 10.6 Å². The van der Waals surface area contributed by atoms with E-state index >= 15 is 0 Å². The Labute approximate surface area is 127 Å². The van der Waals surface area contributed by atoms with E-state index in [0.29, 0.717) is 0 Å². The van der Waals surface area contributed by atoms with Crippen molar-refractivity contribution in [2.45, 2.75) is 13.0 Å². The topological polar surface area (TPSA) is 52.8 Å². The number of rotatable bonds is 5. The van der Waals surface area contributed by atoms with E-state index in [4.69, 9.17) is 5.73 Å². The summed E-state index contributed by atoms with van der Waals surface area (Å²) in [6.45, 7) is 7.54. The normalized spacial score (nSPS) is 17.6. The van der Waals surface area contributed by atoms with Gasteiger partial charge in [-0.2, -0.15) is 0 Å². The zero-order chi connectivity index (χ0) is 15.2. The van der Waals surface area contributed by atoms with Crippen molar-refractivity contribution in [1.29, 1.82) is 0 Å². The van der Waals surface area contributed by atoms with Gasteiger partial charge in [0.25, 0.3) is 0 Å². The van der Waals surface area contributed by atoms with Gasteiger partial charge in [-0.15, -0.1) is 0 Å². The number of amides is 1. The van der Waals surface area contributed by atoms with Gasteiger partial charge in [-0.25, -0.2) is 0 Å². The Bertz CT molecular complexity index is 441. The van der Waals surface area contributed by atoms with Crippen molar-refractivity contribution < 1.29 is 4.79 Å². The van der Waals surface area contributed by atoms with Crippen LogP contribution in [0.4, 0.5) is 5.69 Å². The first kappa shape index (κ1) is 15.8. The van der Waals surface area contributed by atoms with E-state index in [2.05, 4.69) is 34.1 Å². The number of benzene rings is 1. The van der Waals surface area contributed by atoms with Crippen LogP contribution in [0.5, 0.6) is 0 Å². The van der Waals surface area contributed by atoms with Crippen LogP contribution in [0.25, 0.3) is 0 Å². The molecular formula is C16H26N4O. The molecular weight excluding hydrogens is 264 g/mol. The fraction of sp³-hybridized carbons (Fsp3) is 0.562. The van der Waals surface area contributed by atoms with Crippen molar-refractivity contribution in [1.82, 2.24) is 9.80 Å². The van der Waals surface area contributed by atoms with Gasteiger partial charge in [0.15, 0.2) is 0 Å². The van der Waals surface area contributed by atoms with Crippen LogP contribution in [-0.2, 0) is 4.79 Å². The molecule has 1 atom stereocenters. The highest BCUT2D eigenvalue weighted by Crippen LogP contribution is 2.15. The molecule has 0 saturated carbocycles. The van der Waals surface area contributed by atoms with Gasteiger partial charge in [-0.3, -0.25) is 9.69 Å². The monoisotopic (exact) mass is 290 g/mol. The second-order valence-corrected chi connectivity index (χ2v) is 5.71. The molecule has 1 aliphatic rings. The van der Waals surface area contributed by atoms with Crippen molar-refractivity contribution in [2.24, 2.45) is 5.73 Å². The number of hydrogen-bond acceptors (Lipinski definition) is 4. The minimum absolute atomic E-state index is 0.0120. The SMILES string of the molecule is CC(N)C(=O)N(C)CCN1CCN(c2ccccc2)CC1. The Balaban J connectivity index is 1.73. The summed E-state index contributed by atoms with van der Waals surface area (Å²) in [6.07, 6.45) is 0. The minimum atomic E-state index is -0.412. The van der Waals surface area contributed by atoms with Gasteiger partial charge in [-0.1, -0.05) is 18.2 Å². The summed E-state index contributed by atoms with van der Waals surface area (Å²) in [5.74, 6) is 0.0120. The highest BCUT2D eigenvalue weighted by atomic mass is 16.2. The van der Waals surface area contributed by atoms with E-state index in [9.17, 15) is 4.79 Å². The summed E-state index contributed by atoms with van der Waals surface area (Å²) in [5.41, 5.74) is 6.91. The fourth-order valence-electron chi connectivity index (χ4n) is 2.62. The minimum Gasteiger partial charge on any atom is -0.369 e. The second-order valence-electron chi connectivity index (χ2n) is 5.71. The highest BCUT2D eigenvalue weighted by Gasteiger charge is 2.18. The van der Waals surface area contributed by atoms with Crippen LogP contribution in [0.1, 0.15) is 6.92 Å². The molecule has 0 aliphatic carbocycles. The summed E-state index contributed by atoms with van der Waals surface area (Å²) in [7, 11) is 1.83. The first-order valence-electron chi connectivity index (χ1n) is 7.61. The lowest BCUT2D eigenvalue weighted by molar-refractivity contribution is -0.131. The average molecular weight is 290 g/mol. The van der Waals surface area contributed by atoms with E-state index in [1.807, 2.05) is 13.1 Å². The van der Waals surface area contributed by atoms with E-state index in [0.717, 1.165) is 39.3 Å². The number of para-hydroxylation sites is 1. The summed E-state index contributed by atoms with van der Waals surface area (Å²) < 4.78 is 0. The fourth-order valence-corrected chi connectivity index (χ4v) is 2.62. The summed E-state index contributed by atoms with van der Waals surface area (Å²) in [6, 6.07) is 10.1. The molecule has 1 aliphatic heterocycles. The third-order valence-electron chi connectivity index (χ3n) is 4.01. The van der Waals surface area contributed by atoms with Crippen molar-refractivity contribution in [3.8, 4) is 0 Å². The molecule has 116 valence electrons. The molecule has 1 amide bonds. The Hall–Kier alpha value is -1.59. The van der Waals surface area contributed by atoms with Gasteiger partial charge >= 0.3 is 0 Å². The first-order chi connectivity index (χ1) is 10.1. The number of nitrogens with two attached hydrogens (primary N) is 1. The molecule has 2 N–H and O–H groups in total. The summed E-state index contributed by atoms with van der Waals surface area (Å²) in [5, 5.41) is 0. The maximum atomic E-state index is 11.7. The van der Waals surface area contributed by atoms with Crippen LogP contribution in [0.2, 0.25) is 0 Å². The number of hydrogen-bond donors (Lipinski definition) is 1. The molecule has 0 radical (unpaired) electrons. The molecule has 1 heterocycles. The van der Waals surface area contributed by atoms with E-state index in [-0.39, 0.29) is 5.91 Å². The molecule has 1 aromatic rings. The zero-order valence-corrected chi connectivity index (χ0v) is 13.0. The number of carbonyl (C=O) groups excluding carboxylic acids is 1. The molecule has 5 heteroatoms. The molecule has 1 fully saturated rings. The number of likely N-dealkylation sites (N-methyl/N-ethyl adjacent to an activating group) is 1. The number of piperazine rings is 1. The van der Waals surface area contributed by atoms with E-state index < -0.39 is 6.04 Å². The van der Waals surface area contributed by atoms with Crippen molar-refractivity contribution in [2.75, 3.05) is 51.2 Å². The van der Waals surface area contributed by atoms with Gasteiger partial charge in [0.1, 0.15) is 0 Å². The molecule has 2 rings (SSSR count). The highest BCUT2D eigenvalue weighted by molar-refractivity contribution is 5.80. The van der Waals surface area contributed by atoms with E-state index in [1.54, 1.807) is 11.8 Å². The van der Waals surface area contributed by atoms with Gasteiger partial charge in [0.05, 0.1) is 6.04 Å². The predicted molar refractivity (Wildman–Crippen MR) is 86.4 cm³/mol. The van der Waals surface area contributed by atoms with Crippen molar-refractivity contribution in [3.63, 3.8) is 0 Å². The maximum Gasteiger partial charge on any atom is 0.238 e. The Morgan fingerprint density at radius 2 is 1.86 bits per heavy atom. The van der Waals surface area contributed by atoms with Crippen LogP contribution in [0.15, 0.2) is 30.3 Å². The average Bonchev–Trinajstić information content (AvgIpc) is 2.53. The first-order valence-corrected chi connectivity index (χ1v) is 7.61. The Morgan fingerprint density at radius 3 is 2.43 bits per heavy atom. The van der Waals surface area contributed by atoms with Crippen molar-refractivity contribution >= 4 is 11.6 Å². The lowest BCUT2D eigenvalue weighted by Crippen LogP contribution is -2.49. The lowest BCUT2D eigenvalue weighted by atomic mass is 10.2. The standard InChI is InChI=1S/C16H26N4O/c1-14(17)16(21)18(2)8-9-19-10-12-20(13-11-19)15-6-4-3-5-7-15/h3-7,14H,8-13,17H2,1-2H3. The molecule has 1 aromatic carbocycles. The molecule has 1 saturated heterocycles. The van der Waals surface area contributed by atoms with Gasteiger partial charge in [-0.05, 0) is 19.1 Å². The van der Waals surface area contributed by atoms with Crippen LogP contribution >= 0.6 is 0 Å². The largest absolute Gasteiger partial charge is 0.369 e. The third kappa shape index (κ3) is 4.44. The number of anilines is 1. The number of carbonyl (C=O) groups is 1. The lowest BCUT2D eigenvalue weighted by Gasteiger charge is -2.36. The Kier molecular flexibility index (Phi) is 5.59. The molecule has 21 heavy (non-hydrogen) atoms. The van der Waals surface area contributed by atoms with Crippen LogP contribution in [0.3, 0.4) is 0 Å². The summed E-state index contributed by atoms with van der Waals surface area (Å²) >= 11 is 0. The predicted octanol–water partition coefficient (Wildman–Crippen LogP) is 0.614. The van der Waals surface area contributed by atoms with Gasteiger partial charge < -0.3 is 15.5 Å². The quantitative estimate of drug-likeness (QED) is 0.863. The number of nitrogens with zero attached hydrogens (tertiary/aromatic N) is 3. The Morgan fingerprint density at radius 1 is 1.24 bits per heavy atom. The van der Waals surface area contributed by atoms with Gasteiger partial charge in [0.2, 0.25) is 5.91 Å². The van der Waals surface area contributed by atoms with Gasteiger partial charge in [0, 0.05) is 52.0 Å². The van der Waals surface area contributed by atoms with Crippen LogP contribution in [-0.4, -0.2) is 68.1 Å². The third-order valence-corrected chi connectivity index (χ3v) is 4.01. The van der Waals surface area contributed by atoms with Crippen molar-refractivity contribution in [3.05, 3.63) is 30.3 Å². The zero-order valence-electron chi connectivity index (χ0n) is 13.0. The second kappa shape index (κ2) is 7.43. The molecule has 0 spiro atoms. The smallest absolute Gasteiger partial charge is 0.238 e. The molecule has 0 aromatic heterocycles. The molecule has 1 unspecified atom stereocenters. The van der Waals surface area contributed by atoms with Crippen LogP contribution in [0, 0.1) is 0 Å². The molecule has 0 bridgehead atoms. The van der Waals surface area contributed by atoms with E-state index in [1.165, 1.54) is 5.69 Å². The summed E-state index contributed by atoms with van der Waals surface area (Å²) in [4.78, 5) is 18.3. The molecule has 5 nitrogen and oxygen atoms in total. The maximum absolute atomic E-state index is 11.7.